The third-order valence-corrected chi connectivity index (χ3v) is 5.08. The number of aryl methyl sites for hydroxylation is 1. The van der Waals surface area contributed by atoms with E-state index in [9.17, 15) is 4.79 Å². The summed E-state index contributed by atoms with van der Waals surface area (Å²) >= 11 is 0. The first-order valence-corrected chi connectivity index (χ1v) is 9.56. The highest BCUT2D eigenvalue weighted by atomic mass is 16.2. The molecule has 146 valence electrons. The Morgan fingerprint density at radius 2 is 2.00 bits per heavy atom. The van der Waals surface area contributed by atoms with Crippen LogP contribution < -0.4 is 4.90 Å². The van der Waals surface area contributed by atoms with Crippen LogP contribution in [0.1, 0.15) is 49.8 Å². The Balaban J connectivity index is 1.55. The zero-order valence-corrected chi connectivity index (χ0v) is 17.0. The van der Waals surface area contributed by atoms with Crippen molar-refractivity contribution in [2.45, 2.75) is 39.0 Å². The number of hydrogen-bond donors (Lipinski definition) is 0. The summed E-state index contributed by atoms with van der Waals surface area (Å²) in [5.41, 5.74) is 0.595. The molecular formula is C20H30N6O. The number of carbonyl (C=O) groups excluding carboxylic acids is 1. The molecule has 0 atom stereocenters. The third-order valence-electron chi connectivity index (χ3n) is 5.08. The van der Waals surface area contributed by atoms with Crippen molar-refractivity contribution in [3.8, 4) is 0 Å². The van der Waals surface area contributed by atoms with Crippen molar-refractivity contribution >= 4 is 11.7 Å². The van der Waals surface area contributed by atoms with Gasteiger partial charge in [-0.2, -0.15) is 5.10 Å². The molecule has 2 aromatic heterocycles. The van der Waals surface area contributed by atoms with Crippen molar-refractivity contribution in [3.63, 3.8) is 0 Å². The van der Waals surface area contributed by atoms with Crippen LogP contribution in [0.2, 0.25) is 0 Å². The van der Waals surface area contributed by atoms with Gasteiger partial charge >= 0.3 is 0 Å². The Morgan fingerprint density at radius 1 is 1.30 bits per heavy atom. The van der Waals surface area contributed by atoms with E-state index in [2.05, 4.69) is 35.8 Å². The first-order chi connectivity index (χ1) is 12.7. The summed E-state index contributed by atoms with van der Waals surface area (Å²) in [6.45, 7) is 9.09. The highest BCUT2D eigenvalue weighted by Crippen LogP contribution is 2.25. The third kappa shape index (κ3) is 4.64. The number of carbonyl (C=O) groups is 1. The highest BCUT2D eigenvalue weighted by Gasteiger charge is 2.25. The highest BCUT2D eigenvalue weighted by molar-refractivity contribution is 5.93. The minimum absolute atomic E-state index is 0.0381. The van der Waals surface area contributed by atoms with Gasteiger partial charge in [-0.3, -0.25) is 9.48 Å². The van der Waals surface area contributed by atoms with E-state index >= 15 is 0 Å². The van der Waals surface area contributed by atoms with E-state index < -0.39 is 0 Å². The minimum Gasteiger partial charge on any atom is -0.356 e. The number of rotatable bonds is 4. The average Bonchev–Trinajstić information content (AvgIpc) is 3.07. The van der Waals surface area contributed by atoms with Crippen LogP contribution in [0.15, 0.2) is 24.7 Å². The van der Waals surface area contributed by atoms with E-state index in [0.717, 1.165) is 44.1 Å². The van der Waals surface area contributed by atoms with Crippen LogP contribution in [0.5, 0.6) is 0 Å². The lowest BCUT2D eigenvalue weighted by Gasteiger charge is -2.35. The number of anilines is 1. The molecule has 0 aliphatic carbocycles. The predicted molar refractivity (Wildman–Crippen MR) is 106 cm³/mol. The maximum absolute atomic E-state index is 12.5. The molecule has 0 saturated carbocycles. The molecule has 3 heterocycles. The van der Waals surface area contributed by atoms with Gasteiger partial charge in [-0.25, -0.2) is 9.97 Å². The molecule has 27 heavy (non-hydrogen) atoms. The summed E-state index contributed by atoms with van der Waals surface area (Å²) < 4.78 is 1.66. The van der Waals surface area contributed by atoms with Gasteiger partial charge in [0.1, 0.15) is 11.6 Å². The van der Waals surface area contributed by atoms with Gasteiger partial charge < -0.3 is 9.80 Å². The average molecular weight is 371 g/mol. The predicted octanol–water partition coefficient (Wildman–Crippen LogP) is 2.50. The smallest absolute Gasteiger partial charge is 0.256 e. The lowest BCUT2D eigenvalue weighted by Crippen LogP contribution is -2.40. The molecule has 1 fully saturated rings. The molecule has 0 bridgehead atoms. The second-order valence-corrected chi connectivity index (χ2v) is 8.51. The van der Waals surface area contributed by atoms with Crippen molar-refractivity contribution < 1.29 is 4.79 Å². The molecule has 1 saturated heterocycles. The zero-order valence-electron chi connectivity index (χ0n) is 17.0. The standard InChI is InChI=1S/C20H30N6O/c1-20(2,3)19-21-9-6-17(23-19)26-10-7-15(8-11-26)13-24(4)18(27)16-12-22-25(5)14-16/h6,9,12,14-15H,7-8,10-11,13H2,1-5H3. The van der Waals surface area contributed by atoms with Gasteiger partial charge in [0.05, 0.1) is 11.8 Å². The summed E-state index contributed by atoms with van der Waals surface area (Å²) in [6.07, 6.45) is 7.36. The van der Waals surface area contributed by atoms with E-state index in [1.54, 1.807) is 17.1 Å². The maximum Gasteiger partial charge on any atom is 0.256 e. The molecule has 7 heteroatoms. The molecular weight excluding hydrogens is 340 g/mol. The van der Waals surface area contributed by atoms with Crippen LogP contribution in [-0.4, -0.2) is 57.2 Å². The van der Waals surface area contributed by atoms with Gasteiger partial charge in [0.15, 0.2) is 0 Å². The monoisotopic (exact) mass is 370 g/mol. The van der Waals surface area contributed by atoms with Crippen LogP contribution in [0, 0.1) is 5.92 Å². The molecule has 1 aliphatic heterocycles. The van der Waals surface area contributed by atoms with Crippen molar-refractivity contribution in [1.29, 1.82) is 0 Å². The van der Waals surface area contributed by atoms with Gasteiger partial charge in [0.2, 0.25) is 0 Å². The summed E-state index contributed by atoms with van der Waals surface area (Å²) in [5, 5.41) is 4.09. The number of nitrogens with zero attached hydrogens (tertiary/aromatic N) is 6. The van der Waals surface area contributed by atoms with Crippen LogP contribution in [0.3, 0.4) is 0 Å². The minimum atomic E-state index is -0.0519. The molecule has 1 aliphatic rings. The quantitative estimate of drug-likeness (QED) is 0.827. The fraction of sp³-hybridized carbons (Fsp3) is 0.600. The van der Waals surface area contributed by atoms with Gasteiger partial charge in [-0.1, -0.05) is 20.8 Å². The summed E-state index contributed by atoms with van der Waals surface area (Å²) in [6, 6.07) is 1.99. The number of piperidine rings is 1. The summed E-state index contributed by atoms with van der Waals surface area (Å²) in [7, 11) is 3.70. The molecule has 0 radical (unpaired) electrons. The molecule has 2 aromatic rings. The summed E-state index contributed by atoms with van der Waals surface area (Å²) in [5.74, 6) is 2.43. The van der Waals surface area contributed by atoms with E-state index in [4.69, 9.17) is 4.98 Å². The van der Waals surface area contributed by atoms with Gasteiger partial charge in [-0.05, 0) is 24.8 Å². The van der Waals surface area contributed by atoms with Crippen LogP contribution in [0.4, 0.5) is 5.82 Å². The van der Waals surface area contributed by atoms with Crippen LogP contribution in [-0.2, 0) is 12.5 Å². The van der Waals surface area contributed by atoms with Gasteiger partial charge in [0.25, 0.3) is 5.91 Å². The Hall–Kier alpha value is -2.44. The van der Waals surface area contributed by atoms with Crippen molar-refractivity contribution in [1.82, 2.24) is 24.6 Å². The van der Waals surface area contributed by atoms with Crippen molar-refractivity contribution in [2.75, 3.05) is 31.6 Å². The molecule has 7 nitrogen and oxygen atoms in total. The molecule has 0 unspecified atom stereocenters. The van der Waals surface area contributed by atoms with Gasteiger partial charge in [-0.15, -0.1) is 0 Å². The van der Waals surface area contributed by atoms with Crippen molar-refractivity contribution in [3.05, 3.63) is 36.0 Å². The first-order valence-electron chi connectivity index (χ1n) is 9.56. The van der Waals surface area contributed by atoms with Crippen LogP contribution >= 0.6 is 0 Å². The molecule has 3 rings (SSSR count). The largest absolute Gasteiger partial charge is 0.356 e. The second-order valence-electron chi connectivity index (χ2n) is 8.51. The zero-order chi connectivity index (χ0) is 19.6. The molecule has 0 aromatic carbocycles. The topological polar surface area (TPSA) is 67.2 Å². The first kappa shape index (κ1) is 19.3. The van der Waals surface area contributed by atoms with E-state index in [0.29, 0.717) is 11.5 Å². The van der Waals surface area contributed by atoms with E-state index in [-0.39, 0.29) is 11.3 Å². The Morgan fingerprint density at radius 3 is 2.59 bits per heavy atom. The Kier molecular flexibility index (Phi) is 5.48. The van der Waals surface area contributed by atoms with Crippen LogP contribution in [0.25, 0.3) is 0 Å². The summed E-state index contributed by atoms with van der Waals surface area (Å²) in [4.78, 5) is 25.8. The molecule has 0 N–H and O–H groups in total. The SMILES string of the molecule is CN(CC1CCN(c2ccnc(C(C)(C)C)n2)CC1)C(=O)c1cnn(C)c1. The maximum atomic E-state index is 12.5. The van der Waals surface area contributed by atoms with E-state index in [1.807, 2.05) is 31.3 Å². The second kappa shape index (κ2) is 7.66. The number of aromatic nitrogens is 4. The Labute approximate surface area is 161 Å². The van der Waals surface area contributed by atoms with Gasteiger partial charge in [0, 0.05) is 51.5 Å². The fourth-order valence-corrected chi connectivity index (χ4v) is 3.45. The normalized spacial score (nSPS) is 15.8. The molecule has 1 amide bonds. The number of hydrogen-bond acceptors (Lipinski definition) is 5. The van der Waals surface area contributed by atoms with E-state index in [1.165, 1.54) is 0 Å². The Bertz CT molecular complexity index is 786. The lowest BCUT2D eigenvalue weighted by atomic mass is 9.95. The molecule has 0 spiro atoms. The van der Waals surface area contributed by atoms with Crippen molar-refractivity contribution in [2.24, 2.45) is 13.0 Å². The number of amides is 1. The lowest BCUT2D eigenvalue weighted by molar-refractivity contribution is 0.0765. The fourth-order valence-electron chi connectivity index (χ4n) is 3.45.